The SMILES string of the molecule is O=C(Nc1cccc(CC(=O)N2CCC(c3cc(Cl)ccc3Cl)=N2)c1)OCCCN1CCOCC1. The zero-order chi connectivity index (χ0) is 24.6. The minimum absolute atomic E-state index is 0.138. The molecule has 2 amide bonds. The van der Waals surface area contributed by atoms with E-state index in [1.807, 2.05) is 6.07 Å². The van der Waals surface area contributed by atoms with Crippen LogP contribution in [0, 0.1) is 0 Å². The van der Waals surface area contributed by atoms with E-state index in [0.29, 0.717) is 35.3 Å². The Morgan fingerprint density at radius 1 is 1.09 bits per heavy atom. The maximum Gasteiger partial charge on any atom is 0.411 e. The summed E-state index contributed by atoms with van der Waals surface area (Å²) in [4.78, 5) is 27.3. The summed E-state index contributed by atoms with van der Waals surface area (Å²) in [6.45, 7) is 5.02. The summed E-state index contributed by atoms with van der Waals surface area (Å²) < 4.78 is 10.6. The predicted molar refractivity (Wildman–Crippen MR) is 136 cm³/mol. The summed E-state index contributed by atoms with van der Waals surface area (Å²) in [5, 5.41) is 9.76. The van der Waals surface area contributed by atoms with Gasteiger partial charge in [0.15, 0.2) is 0 Å². The Hall–Kier alpha value is -2.65. The lowest BCUT2D eigenvalue weighted by molar-refractivity contribution is -0.130. The van der Waals surface area contributed by atoms with E-state index in [2.05, 4.69) is 15.3 Å². The molecule has 186 valence electrons. The molecule has 1 fully saturated rings. The van der Waals surface area contributed by atoms with Gasteiger partial charge in [-0.25, -0.2) is 9.80 Å². The minimum atomic E-state index is -0.511. The van der Waals surface area contributed by atoms with E-state index in [1.165, 1.54) is 5.01 Å². The molecule has 0 unspecified atom stereocenters. The first-order valence-corrected chi connectivity index (χ1v) is 12.4. The highest BCUT2D eigenvalue weighted by atomic mass is 35.5. The van der Waals surface area contributed by atoms with Crippen molar-refractivity contribution in [3.8, 4) is 0 Å². The van der Waals surface area contributed by atoms with Gasteiger partial charge in [-0.15, -0.1) is 0 Å². The van der Waals surface area contributed by atoms with Crippen molar-refractivity contribution in [3.63, 3.8) is 0 Å². The third-order valence-corrected chi connectivity index (χ3v) is 6.38. The molecule has 0 aromatic heterocycles. The van der Waals surface area contributed by atoms with E-state index in [0.717, 1.165) is 56.1 Å². The molecular formula is C25H28Cl2N4O4. The van der Waals surface area contributed by atoms with Crippen LogP contribution >= 0.6 is 23.2 Å². The van der Waals surface area contributed by atoms with Gasteiger partial charge in [-0.2, -0.15) is 5.10 Å². The van der Waals surface area contributed by atoms with Gasteiger partial charge in [0, 0.05) is 47.4 Å². The number of hydrogen-bond donors (Lipinski definition) is 1. The molecule has 2 aromatic carbocycles. The fourth-order valence-corrected chi connectivity index (χ4v) is 4.40. The highest BCUT2D eigenvalue weighted by molar-refractivity contribution is 6.36. The van der Waals surface area contributed by atoms with Crippen molar-refractivity contribution in [1.29, 1.82) is 0 Å². The van der Waals surface area contributed by atoms with Crippen LogP contribution in [0.2, 0.25) is 10.0 Å². The average Bonchev–Trinajstić information content (AvgIpc) is 3.35. The molecule has 2 aliphatic heterocycles. The number of amides is 2. The number of anilines is 1. The normalized spacial score (nSPS) is 16.2. The topological polar surface area (TPSA) is 83.5 Å². The predicted octanol–water partition coefficient (Wildman–Crippen LogP) is 4.44. The standard InChI is InChI=1S/C25H28Cl2N4O4/c26-19-5-6-22(27)21(17-19)23-7-9-31(29-23)24(32)16-18-3-1-4-20(15-18)28-25(33)35-12-2-8-30-10-13-34-14-11-30/h1,3-6,15,17H,2,7-14,16H2,(H,28,33). The number of rotatable bonds is 8. The summed E-state index contributed by atoms with van der Waals surface area (Å²) in [5.74, 6) is -0.138. The molecule has 0 bridgehead atoms. The smallest absolute Gasteiger partial charge is 0.411 e. The summed E-state index contributed by atoms with van der Waals surface area (Å²) in [6, 6.07) is 12.4. The highest BCUT2D eigenvalue weighted by Gasteiger charge is 2.23. The molecule has 1 N–H and O–H groups in total. The van der Waals surface area contributed by atoms with Crippen molar-refractivity contribution in [3.05, 3.63) is 63.6 Å². The molecule has 2 aliphatic rings. The molecule has 2 aromatic rings. The number of morpholine rings is 1. The molecule has 0 radical (unpaired) electrons. The Labute approximate surface area is 214 Å². The molecule has 4 rings (SSSR count). The van der Waals surface area contributed by atoms with E-state index >= 15 is 0 Å². The van der Waals surface area contributed by atoms with Crippen molar-refractivity contribution >= 4 is 46.6 Å². The minimum Gasteiger partial charge on any atom is -0.449 e. The number of halogens is 2. The maximum atomic E-state index is 12.8. The fourth-order valence-electron chi connectivity index (χ4n) is 4.00. The molecule has 0 saturated carbocycles. The quantitative estimate of drug-likeness (QED) is 0.522. The molecule has 10 heteroatoms. The molecule has 0 atom stereocenters. The van der Waals surface area contributed by atoms with E-state index < -0.39 is 6.09 Å². The number of carbonyl (C=O) groups is 2. The van der Waals surface area contributed by atoms with Crippen LogP contribution in [0.5, 0.6) is 0 Å². The number of nitrogens with one attached hydrogen (secondary N) is 1. The van der Waals surface area contributed by atoms with Crippen LogP contribution in [0.4, 0.5) is 10.5 Å². The zero-order valence-corrected chi connectivity index (χ0v) is 20.9. The van der Waals surface area contributed by atoms with Crippen LogP contribution in [0.1, 0.15) is 24.0 Å². The van der Waals surface area contributed by atoms with Crippen molar-refractivity contribution in [1.82, 2.24) is 9.91 Å². The van der Waals surface area contributed by atoms with E-state index in [4.69, 9.17) is 32.7 Å². The first-order valence-electron chi connectivity index (χ1n) is 11.6. The highest BCUT2D eigenvalue weighted by Crippen LogP contribution is 2.25. The first-order chi connectivity index (χ1) is 17.0. The second kappa shape index (κ2) is 12.4. The monoisotopic (exact) mass is 518 g/mol. The molecular weight excluding hydrogens is 491 g/mol. The molecule has 2 heterocycles. The van der Waals surface area contributed by atoms with Crippen LogP contribution in [0.3, 0.4) is 0 Å². The van der Waals surface area contributed by atoms with Gasteiger partial charge in [0.25, 0.3) is 0 Å². The third kappa shape index (κ3) is 7.41. The Kier molecular flexibility index (Phi) is 8.98. The van der Waals surface area contributed by atoms with Gasteiger partial charge in [0.1, 0.15) is 0 Å². The molecule has 0 aliphatic carbocycles. The lowest BCUT2D eigenvalue weighted by atomic mass is 10.1. The van der Waals surface area contributed by atoms with Gasteiger partial charge in [-0.1, -0.05) is 35.3 Å². The summed E-state index contributed by atoms with van der Waals surface area (Å²) in [5.41, 5.74) is 2.82. The van der Waals surface area contributed by atoms with Gasteiger partial charge < -0.3 is 9.47 Å². The fraction of sp³-hybridized carbons (Fsp3) is 0.400. The van der Waals surface area contributed by atoms with E-state index in [1.54, 1.807) is 36.4 Å². The summed E-state index contributed by atoms with van der Waals surface area (Å²) in [6.07, 6.45) is 1.01. The van der Waals surface area contributed by atoms with Crippen molar-refractivity contribution in [2.24, 2.45) is 5.10 Å². The number of hydrazone groups is 1. The Bertz CT molecular complexity index is 1090. The van der Waals surface area contributed by atoms with Crippen LogP contribution in [0.25, 0.3) is 0 Å². The van der Waals surface area contributed by atoms with Crippen LogP contribution < -0.4 is 5.32 Å². The molecule has 8 nitrogen and oxygen atoms in total. The number of hydrogen-bond acceptors (Lipinski definition) is 6. The number of carbonyl (C=O) groups excluding carboxylic acids is 2. The number of nitrogens with zero attached hydrogens (tertiary/aromatic N) is 3. The first kappa shape index (κ1) is 25.4. The second-order valence-electron chi connectivity index (χ2n) is 8.38. The second-order valence-corrected chi connectivity index (χ2v) is 9.23. The largest absolute Gasteiger partial charge is 0.449 e. The van der Waals surface area contributed by atoms with Crippen molar-refractivity contribution < 1.29 is 19.1 Å². The molecule has 0 spiro atoms. The molecule has 35 heavy (non-hydrogen) atoms. The van der Waals surface area contributed by atoms with Gasteiger partial charge in [0.2, 0.25) is 5.91 Å². The Balaban J connectivity index is 1.25. The van der Waals surface area contributed by atoms with Crippen LogP contribution in [0.15, 0.2) is 47.6 Å². The molecule has 1 saturated heterocycles. The number of benzene rings is 2. The number of ether oxygens (including phenoxy) is 2. The van der Waals surface area contributed by atoms with Gasteiger partial charge >= 0.3 is 6.09 Å². The summed E-state index contributed by atoms with van der Waals surface area (Å²) >= 11 is 12.4. The summed E-state index contributed by atoms with van der Waals surface area (Å²) in [7, 11) is 0. The zero-order valence-electron chi connectivity index (χ0n) is 19.3. The van der Waals surface area contributed by atoms with Gasteiger partial charge in [-0.05, 0) is 42.3 Å². The average molecular weight is 519 g/mol. The van der Waals surface area contributed by atoms with Gasteiger partial charge in [0.05, 0.1) is 38.5 Å². The van der Waals surface area contributed by atoms with Crippen LogP contribution in [-0.4, -0.2) is 73.6 Å². The Morgan fingerprint density at radius 3 is 2.74 bits per heavy atom. The maximum absolute atomic E-state index is 12.8. The Morgan fingerprint density at radius 2 is 1.91 bits per heavy atom. The third-order valence-electron chi connectivity index (χ3n) is 5.81. The van der Waals surface area contributed by atoms with Gasteiger partial charge in [-0.3, -0.25) is 15.0 Å². The van der Waals surface area contributed by atoms with E-state index in [9.17, 15) is 9.59 Å². The lowest BCUT2D eigenvalue weighted by Crippen LogP contribution is -2.37. The van der Waals surface area contributed by atoms with E-state index in [-0.39, 0.29) is 12.3 Å². The van der Waals surface area contributed by atoms with Crippen molar-refractivity contribution in [2.45, 2.75) is 19.3 Å². The lowest BCUT2D eigenvalue weighted by Gasteiger charge is -2.26. The van der Waals surface area contributed by atoms with Crippen molar-refractivity contribution in [2.75, 3.05) is 51.3 Å². The van der Waals surface area contributed by atoms with Crippen LogP contribution in [-0.2, 0) is 20.7 Å².